The van der Waals surface area contributed by atoms with Gasteiger partial charge in [0.1, 0.15) is 23.3 Å². The minimum atomic E-state index is -0.791. The van der Waals surface area contributed by atoms with Gasteiger partial charge < -0.3 is 9.47 Å². The van der Waals surface area contributed by atoms with Crippen LogP contribution >= 0.6 is 11.3 Å². The Morgan fingerprint density at radius 1 is 1.27 bits per heavy atom. The average molecular weight is 427 g/mol. The molecule has 1 unspecified atom stereocenters. The predicted molar refractivity (Wildman–Crippen MR) is 118 cm³/mol. The molecule has 7 heteroatoms. The summed E-state index contributed by atoms with van der Waals surface area (Å²) in [5.74, 6) is 0.0410. The van der Waals surface area contributed by atoms with Crippen molar-refractivity contribution in [2.45, 2.75) is 45.6 Å². The van der Waals surface area contributed by atoms with Crippen LogP contribution in [-0.4, -0.2) is 35.8 Å². The van der Waals surface area contributed by atoms with Gasteiger partial charge in [-0.3, -0.25) is 9.36 Å². The van der Waals surface area contributed by atoms with Gasteiger partial charge >= 0.3 is 5.97 Å². The van der Waals surface area contributed by atoms with Gasteiger partial charge in [0.05, 0.1) is 12.0 Å². The van der Waals surface area contributed by atoms with Crippen molar-refractivity contribution in [3.8, 4) is 11.4 Å². The summed E-state index contributed by atoms with van der Waals surface area (Å²) in [5, 5.41) is 0.669. The Bertz CT molecular complexity index is 1150. The van der Waals surface area contributed by atoms with Crippen molar-refractivity contribution in [1.29, 1.82) is 0 Å². The number of ether oxygens (including phenoxy) is 2. The molecule has 0 aliphatic heterocycles. The number of aromatic nitrogens is 2. The third-order valence-electron chi connectivity index (χ3n) is 5.56. The number of carbonyl (C=O) groups excluding carboxylic acids is 1. The number of benzene rings is 1. The number of esters is 1. The molecule has 2 aromatic heterocycles. The Labute approximate surface area is 179 Å². The molecule has 4 rings (SSSR count). The van der Waals surface area contributed by atoms with Crippen molar-refractivity contribution >= 4 is 27.5 Å². The molecule has 6 nitrogen and oxygen atoms in total. The number of hydrogen-bond acceptors (Lipinski definition) is 6. The Balaban J connectivity index is 1.91. The summed E-state index contributed by atoms with van der Waals surface area (Å²) in [5.41, 5.74) is 2.83. The number of rotatable bonds is 6. The lowest BCUT2D eigenvalue weighted by molar-refractivity contribution is -0.148. The third-order valence-corrected chi connectivity index (χ3v) is 6.74. The number of nitrogens with zero attached hydrogens (tertiary/aromatic N) is 2. The Kier molecular flexibility index (Phi) is 6.01. The first kappa shape index (κ1) is 20.8. The molecule has 0 radical (unpaired) electrons. The molecule has 0 fully saturated rings. The molecule has 30 heavy (non-hydrogen) atoms. The summed E-state index contributed by atoms with van der Waals surface area (Å²) in [6.45, 7) is 4.16. The zero-order valence-electron chi connectivity index (χ0n) is 17.6. The van der Waals surface area contributed by atoms with Crippen molar-refractivity contribution in [1.82, 2.24) is 9.55 Å². The van der Waals surface area contributed by atoms with E-state index in [-0.39, 0.29) is 12.2 Å². The fraction of sp³-hybridized carbons (Fsp3) is 0.435. The van der Waals surface area contributed by atoms with Crippen molar-refractivity contribution in [3.63, 3.8) is 0 Å². The fourth-order valence-electron chi connectivity index (χ4n) is 4.02. The maximum Gasteiger partial charge on any atom is 0.329 e. The van der Waals surface area contributed by atoms with Crippen molar-refractivity contribution in [2.75, 3.05) is 20.3 Å². The van der Waals surface area contributed by atoms with Crippen LogP contribution < -0.4 is 5.56 Å². The van der Waals surface area contributed by atoms with Crippen LogP contribution in [0.25, 0.3) is 21.6 Å². The molecule has 158 valence electrons. The molecule has 1 aromatic carbocycles. The molecular formula is C23H26N2O4S. The highest BCUT2D eigenvalue weighted by Crippen LogP contribution is 2.35. The van der Waals surface area contributed by atoms with Crippen molar-refractivity contribution in [3.05, 3.63) is 50.6 Å². The molecule has 0 N–H and O–H groups in total. The highest BCUT2D eigenvalue weighted by molar-refractivity contribution is 7.18. The molecule has 1 atom stereocenters. The standard InChI is InChI=1S/C23H26N2O4S/c1-14-7-6-8-16(13-14)20-24-21-19(17-9-4-5-10-18(17)30-21)22(26)25(20)15(2)23(27)29-12-11-28-3/h6-8,13,15H,4-5,9-12H2,1-3H3. The molecule has 0 saturated heterocycles. The molecule has 0 bridgehead atoms. The molecule has 0 amide bonds. The fourth-order valence-corrected chi connectivity index (χ4v) is 5.27. The second-order valence-electron chi connectivity index (χ2n) is 7.71. The van der Waals surface area contributed by atoms with Gasteiger partial charge in [-0.2, -0.15) is 0 Å². The molecule has 0 spiro atoms. The maximum absolute atomic E-state index is 13.7. The lowest BCUT2D eigenvalue weighted by Crippen LogP contribution is -2.32. The first-order chi connectivity index (χ1) is 14.5. The number of aryl methyl sites for hydroxylation is 3. The van der Waals surface area contributed by atoms with E-state index < -0.39 is 12.0 Å². The smallest absolute Gasteiger partial charge is 0.329 e. The first-order valence-electron chi connectivity index (χ1n) is 10.3. The number of methoxy groups -OCH3 is 1. The zero-order valence-corrected chi connectivity index (χ0v) is 18.4. The van der Waals surface area contributed by atoms with Gasteiger partial charge in [-0.25, -0.2) is 9.78 Å². The van der Waals surface area contributed by atoms with Crippen LogP contribution in [0.15, 0.2) is 29.1 Å². The second kappa shape index (κ2) is 8.70. The van der Waals surface area contributed by atoms with Crippen LogP contribution in [0.3, 0.4) is 0 Å². The van der Waals surface area contributed by atoms with Gasteiger partial charge in [-0.1, -0.05) is 23.8 Å². The minimum absolute atomic E-state index is 0.151. The minimum Gasteiger partial charge on any atom is -0.462 e. The van der Waals surface area contributed by atoms with E-state index in [2.05, 4.69) is 0 Å². The summed E-state index contributed by atoms with van der Waals surface area (Å²) in [4.78, 5) is 33.4. The lowest BCUT2D eigenvalue weighted by atomic mass is 9.97. The number of fused-ring (bicyclic) bond motifs is 3. The van der Waals surface area contributed by atoms with E-state index in [1.165, 1.54) is 9.44 Å². The van der Waals surface area contributed by atoms with Crippen LogP contribution in [0.2, 0.25) is 0 Å². The van der Waals surface area contributed by atoms with Crippen LogP contribution in [0.4, 0.5) is 0 Å². The van der Waals surface area contributed by atoms with Crippen LogP contribution in [0, 0.1) is 6.92 Å². The summed E-state index contributed by atoms with van der Waals surface area (Å²) < 4.78 is 11.8. The monoisotopic (exact) mass is 426 g/mol. The van der Waals surface area contributed by atoms with Crippen molar-refractivity contribution < 1.29 is 14.3 Å². The first-order valence-corrected chi connectivity index (χ1v) is 11.1. The Morgan fingerprint density at radius 2 is 2.07 bits per heavy atom. The average Bonchev–Trinajstić information content (AvgIpc) is 3.12. The van der Waals surface area contributed by atoms with Gasteiger partial charge in [0.25, 0.3) is 5.56 Å². The molecule has 1 aliphatic rings. The summed E-state index contributed by atoms with van der Waals surface area (Å²) in [6, 6.07) is 7.05. The summed E-state index contributed by atoms with van der Waals surface area (Å²) >= 11 is 1.62. The van der Waals surface area contributed by atoms with E-state index in [0.29, 0.717) is 17.8 Å². The van der Waals surface area contributed by atoms with Crippen LogP contribution in [-0.2, 0) is 27.1 Å². The topological polar surface area (TPSA) is 70.4 Å². The highest BCUT2D eigenvalue weighted by Gasteiger charge is 2.27. The molecule has 0 saturated carbocycles. The van der Waals surface area contributed by atoms with Crippen LogP contribution in [0.5, 0.6) is 0 Å². The Morgan fingerprint density at radius 3 is 2.83 bits per heavy atom. The van der Waals surface area contributed by atoms with Gasteiger partial charge in [0.15, 0.2) is 0 Å². The quantitative estimate of drug-likeness (QED) is 0.439. The normalized spacial score (nSPS) is 14.5. The largest absolute Gasteiger partial charge is 0.462 e. The maximum atomic E-state index is 13.7. The van der Waals surface area contributed by atoms with Crippen LogP contribution in [0.1, 0.15) is 41.8 Å². The van der Waals surface area contributed by atoms with Gasteiger partial charge in [-0.05, 0) is 51.2 Å². The van der Waals surface area contributed by atoms with E-state index in [4.69, 9.17) is 14.5 Å². The Hall–Kier alpha value is -2.51. The lowest BCUT2D eigenvalue weighted by Gasteiger charge is -2.19. The second-order valence-corrected chi connectivity index (χ2v) is 8.79. The van der Waals surface area contributed by atoms with Crippen molar-refractivity contribution in [2.24, 2.45) is 0 Å². The predicted octanol–water partition coefficient (Wildman–Crippen LogP) is 4.06. The SMILES string of the molecule is COCCOC(=O)C(C)n1c(-c2cccc(C)c2)nc2sc3c(c2c1=O)CCCC3. The molecule has 1 aliphatic carbocycles. The van der Waals surface area contributed by atoms with E-state index in [1.54, 1.807) is 25.4 Å². The van der Waals surface area contributed by atoms with Gasteiger partial charge in [0, 0.05) is 17.6 Å². The summed E-state index contributed by atoms with van der Waals surface area (Å²) in [6.07, 6.45) is 4.10. The van der Waals surface area contributed by atoms with E-state index in [9.17, 15) is 9.59 Å². The highest BCUT2D eigenvalue weighted by atomic mass is 32.1. The molecule has 2 heterocycles. The van der Waals surface area contributed by atoms with Gasteiger partial charge in [-0.15, -0.1) is 11.3 Å². The zero-order chi connectivity index (χ0) is 21.3. The summed E-state index contributed by atoms with van der Waals surface area (Å²) in [7, 11) is 1.55. The van der Waals surface area contributed by atoms with E-state index >= 15 is 0 Å². The molecular weight excluding hydrogens is 400 g/mol. The number of carbonyl (C=O) groups is 1. The van der Waals surface area contributed by atoms with E-state index in [1.807, 2.05) is 31.2 Å². The number of thiophene rings is 1. The molecule has 3 aromatic rings. The van der Waals surface area contributed by atoms with Gasteiger partial charge in [0.2, 0.25) is 0 Å². The third kappa shape index (κ3) is 3.79. The van der Waals surface area contributed by atoms with E-state index in [0.717, 1.165) is 47.2 Å². The number of hydrogen-bond donors (Lipinski definition) is 0.